The van der Waals surface area contributed by atoms with E-state index in [9.17, 15) is 9.90 Å². The molecule has 84 valence electrons. The SMILES string of the molecule is COC(=O)c1ccc(C(O)C(O)CO)[nH]1. The number of ether oxygens (including phenoxy) is 1. The highest BCUT2D eigenvalue weighted by Gasteiger charge is 2.20. The molecular weight excluding hydrogens is 202 g/mol. The Balaban J connectivity index is 2.79. The van der Waals surface area contributed by atoms with Gasteiger partial charge in [0.05, 0.1) is 13.7 Å². The highest BCUT2D eigenvalue weighted by atomic mass is 16.5. The second-order valence-electron chi connectivity index (χ2n) is 3.01. The molecule has 1 aromatic heterocycles. The molecule has 0 spiro atoms. The summed E-state index contributed by atoms with van der Waals surface area (Å²) in [5.41, 5.74) is 0.425. The van der Waals surface area contributed by atoms with Crippen LogP contribution in [0.3, 0.4) is 0 Å². The van der Waals surface area contributed by atoms with Gasteiger partial charge in [-0.3, -0.25) is 0 Å². The number of nitrogens with one attached hydrogen (secondary N) is 1. The number of hydrogen-bond acceptors (Lipinski definition) is 5. The van der Waals surface area contributed by atoms with Gasteiger partial charge in [0.1, 0.15) is 17.9 Å². The van der Waals surface area contributed by atoms with E-state index in [1.165, 1.54) is 19.2 Å². The van der Waals surface area contributed by atoms with E-state index < -0.39 is 24.8 Å². The number of aliphatic hydroxyl groups excluding tert-OH is 3. The number of carbonyl (C=O) groups is 1. The molecule has 1 rings (SSSR count). The van der Waals surface area contributed by atoms with E-state index in [1.807, 2.05) is 0 Å². The van der Waals surface area contributed by atoms with Crippen molar-refractivity contribution >= 4 is 5.97 Å². The zero-order valence-corrected chi connectivity index (χ0v) is 8.17. The van der Waals surface area contributed by atoms with Crippen LogP contribution in [0.4, 0.5) is 0 Å². The van der Waals surface area contributed by atoms with Crippen molar-refractivity contribution in [3.63, 3.8) is 0 Å². The number of aromatic nitrogens is 1. The van der Waals surface area contributed by atoms with Gasteiger partial charge in [0.25, 0.3) is 0 Å². The first kappa shape index (κ1) is 11.7. The minimum atomic E-state index is -1.28. The average Bonchev–Trinajstić information content (AvgIpc) is 2.75. The van der Waals surface area contributed by atoms with Crippen LogP contribution in [0.15, 0.2) is 12.1 Å². The van der Waals surface area contributed by atoms with Gasteiger partial charge >= 0.3 is 5.97 Å². The van der Waals surface area contributed by atoms with Crippen LogP contribution in [0.25, 0.3) is 0 Å². The third-order valence-corrected chi connectivity index (χ3v) is 1.98. The Kier molecular flexibility index (Phi) is 3.84. The molecule has 2 atom stereocenters. The first-order valence-electron chi connectivity index (χ1n) is 4.34. The van der Waals surface area contributed by atoms with E-state index in [1.54, 1.807) is 0 Å². The van der Waals surface area contributed by atoms with E-state index in [-0.39, 0.29) is 11.4 Å². The monoisotopic (exact) mass is 215 g/mol. The van der Waals surface area contributed by atoms with Crippen molar-refractivity contribution in [1.82, 2.24) is 4.98 Å². The van der Waals surface area contributed by atoms with Crippen molar-refractivity contribution in [2.24, 2.45) is 0 Å². The zero-order chi connectivity index (χ0) is 11.4. The first-order chi connectivity index (χ1) is 7.10. The van der Waals surface area contributed by atoms with Gasteiger partial charge in [0.15, 0.2) is 0 Å². The van der Waals surface area contributed by atoms with Crippen LogP contribution >= 0.6 is 0 Å². The van der Waals surface area contributed by atoms with Crippen molar-refractivity contribution < 1.29 is 24.9 Å². The molecule has 1 heterocycles. The molecule has 6 heteroatoms. The topological polar surface area (TPSA) is 103 Å². The molecule has 0 bridgehead atoms. The standard InChI is InChI=1S/C9H13NO5/c1-15-9(14)6-3-2-5(10-6)8(13)7(12)4-11/h2-3,7-8,10-13H,4H2,1H3. The van der Waals surface area contributed by atoms with E-state index in [2.05, 4.69) is 9.72 Å². The molecule has 0 aliphatic heterocycles. The predicted molar refractivity (Wildman–Crippen MR) is 50.2 cm³/mol. The third-order valence-electron chi connectivity index (χ3n) is 1.98. The summed E-state index contributed by atoms with van der Waals surface area (Å²) < 4.78 is 4.45. The molecule has 0 aliphatic carbocycles. The third kappa shape index (κ3) is 2.56. The molecule has 2 unspecified atom stereocenters. The fourth-order valence-corrected chi connectivity index (χ4v) is 1.12. The summed E-state index contributed by atoms with van der Waals surface area (Å²) in [6.45, 7) is -0.562. The van der Waals surface area contributed by atoms with Gasteiger partial charge in [-0.15, -0.1) is 0 Å². The Morgan fingerprint density at radius 1 is 1.53 bits per heavy atom. The molecule has 0 saturated carbocycles. The number of aromatic amines is 1. The van der Waals surface area contributed by atoms with Crippen molar-refractivity contribution in [2.75, 3.05) is 13.7 Å². The van der Waals surface area contributed by atoms with Crippen molar-refractivity contribution in [1.29, 1.82) is 0 Å². The lowest BCUT2D eigenvalue weighted by atomic mass is 10.1. The Morgan fingerprint density at radius 3 is 2.73 bits per heavy atom. The molecule has 15 heavy (non-hydrogen) atoms. The van der Waals surface area contributed by atoms with Crippen LogP contribution in [0.1, 0.15) is 22.3 Å². The van der Waals surface area contributed by atoms with Gasteiger partial charge < -0.3 is 25.0 Å². The van der Waals surface area contributed by atoms with Crippen molar-refractivity contribution in [3.05, 3.63) is 23.5 Å². The Hall–Kier alpha value is -1.37. The van der Waals surface area contributed by atoms with E-state index >= 15 is 0 Å². The Labute approximate surface area is 86.1 Å². The molecule has 4 N–H and O–H groups in total. The van der Waals surface area contributed by atoms with E-state index in [4.69, 9.17) is 10.2 Å². The molecule has 6 nitrogen and oxygen atoms in total. The van der Waals surface area contributed by atoms with Crippen LogP contribution in [-0.4, -0.2) is 46.1 Å². The molecule has 0 amide bonds. The summed E-state index contributed by atoms with van der Waals surface area (Å²) in [6, 6.07) is 2.87. The van der Waals surface area contributed by atoms with Gasteiger partial charge in [0, 0.05) is 5.69 Å². The predicted octanol–water partition coefficient (Wildman–Crippen LogP) is -0.812. The highest BCUT2D eigenvalue weighted by molar-refractivity contribution is 5.87. The Morgan fingerprint density at radius 2 is 2.20 bits per heavy atom. The summed E-state index contributed by atoms with van der Waals surface area (Å²) in [7, 11) is 1.24. The lowest BCUT2D eigenvalue weighted by Gasteiger charge is -2.13. The molecular formula is C9H13NO5. The highest BCUT2D eigenvalue weighted by Crippen LogP contribution is 2.16. The minimum absolute atomic E-state index is 0.177. The fraction of sp³-hybridized carbons (Fsp3) is 0.444. The lowest BCUT2D eigenvalue weighted by Crippen LogP contribution is -2.22. The van der Waals surface area contributed by atoms with Crippen LogP contribution in [-0.2, 0) is 4.74 Å². The normalized spacial score (nSPS) is 14.7. The number of esters is 1. The smallest absolute Gasteiger partial charge is 0.354 e. The number of hydrogen-bond donors (Lipinski definition) is 4. The van der Waals surface area contributed by atoms with E-state index in [0.29, 0.717) is 0 Å². The second-order valence-corrected chi connectivity index (χ2v) is 3.01. The molecule has 0 fully saturated rings. The minimum Gasteiger partial charge on any atom is -0.464 e. The summed E-state index contributed by atoms with van der Waals surface area (Å²) in [6.07, 6.45) is -2.54. The van der Waals surface area contributed by atoms with Crippen molar-refractivity contribution in [3.8, 4) is 0 Å². The number of rotatable bonds is 4. The molecule has 0 aromatic carbocycles. The maximum absolute atomic E-state index is 11.0. The largest absolute Gasteiger partial charge is 0.464 e. The number of aliphatic hydroxyl groups is 3. The van der Waals surface area contributed by atoms with Gasteiger partial charge in [-0.25, -0.2) is 4.79 Å². The zero-order valence-electron chi connectivity index (χ0n) is 8.17. The number of H-pyrrole nitrogens is 1. The van der Waals surface area contributed by atoms with Gasteiger partial charge in [-0.05, 0) is 12.1 Å². The maximum Gasteiger partial charge on any atom is 0.354 e. The molecule has 0 aliphatic rings. The average molecular weight is 215 g/mol. The van der Waals surface area contributed by atoms with Gasteiger partial charge in [-0.1, -0.05) is 0 Å². The number of methoxy groups -OCH3 is 1. The summed E-state index contributed by atoms with van der Waals surface area (Å²) in [5.74, 6) is -0.563. The molecule has 1 aromatic rings. The molecule has 0 saturated heterocycles. The lowest BCUT2D eigenvalue weighted by molar-refractivity contribution is -0.0171. The summed E-state index contributed by atoms with van der Waals surface area (Å²) in [5, 5.41) is 27.2. The van der Waals surface area contributed by atoms with Crippen molar-refractivity contribution in [2.45, 2.75) is 12.2 Å². The summed E-state index contributed by atoms with van der Waals surface area (Å²) in [4.78, 5) is 13.6. The first-order valence-corrected chi connectivity index (χ1v) is 4.34. The number of carbonyl (C=O) groups excluding carboxylic acids is 1. The van der Waals surface area contributed by atoms with Crippen LogP contribution in [0.5, 0.6) is 0 Å². The van der Waals surface area contributed by atoms with Crippen LogP contribution < -0.4 is 0 Å². The molecule has 0 radical (unpaired) electrons. The van der Waals surface area contributed by atoms with Gasteiger partial charge in [-0.2, -0.15) is 0 Å². The quantitative estimate of drug-likeness (QED) is 0.492. The van der Waals surface area contributed by atoms with Crippen LogP contribution in [0.2, 0.25) is 0 Å². The van der Waals surface area contributed by atoms with Gasteiger partial charge in [0.2, 0.25) is 0 Å². The van der Waals surface area contributed by atoms with Crippen LogP contribution in [0, 0.1) is 0 Å². The summed E-state index contributed by atoms with van der Waals surface area (Å²) >= 11 is 0. The Bertz CT molecular complexity index is 335. The fourth-order valence-electron chi connectivity index (χ4n) is 1.12. The maximum atomic E-state index is 11.0. The van der Waals surface area contributed by atoms with E-state index in [0.717, 1.165) is 0 Å². The second kappa shape index (κ2) is 4.92.